The van der Waals surface area contributed by atoms with Crippen LogP contribution in [0.5, 0.6) is 0 Å². The van der Waals surface area contributed by atoms with Crippen LogP contribution in [0.1, 0.15) is 79.1 Å². The second kappa shape index (κ2) is 16.8. The van der Waals surface area contributed by atoms with E-state index in [-0.39, 0.29) is 29.4 Å². The van der Waals surface area contributed by atoms with Crippen molar-refractivity contribution in [2.24, 2.45) is 0 Å². The highest BCUT2D eigenvalue weighted by Gasteiger charge is 2.19. The van der Waals surface area contributed by atoms with Crippen molar-refractivity contribution < 1.29 is 16.9 Å². The van der Waals surface area contributed by atoms with E-state index in [1.165, 1.54) is 82.0 Å². The predicted octanol–water partition coefficient (Wildman–Crippen LogP) is 2.59. The third kappa shape index (κ3) is 12.2. The number of halogens is 2. The van der Waals surface area contributed by atoms with E-state index in [1.54, 1.807) is 0 Å². The molecule has 0 bridgehead atoms. The summed E-state index contributed by atoms with van der Waals surface area (Å²) in [4.78, 5) is 0. The van der Waals surface area contributed by atoms with E-state index < -0.39 is 0 Å². The number of hydrogen-bond donors (Lipinski definition) is 0. The predicted molar refractivity (Wildman–Crippen MR) is 89.7 cm³/mol. The van der Waals surface area contributed by atoms with Gasteiger partial charge in [0.25, 0.3) is 0 Å². The minimum atomic E-state index is 0. The zero-order chi connectivity index (χ0) is 13.0. The molecular weight excluding hydrogens is 322 g/mol. The van der Waals surface area contributed by atoms with Crippen LogP contribution in [-0.4, -0.2) is 30.7 Å². The molecule has 0 aromatic heterocycles. The van der Waals surface area contributed by atoms with Gasteiger partial charge in [-0.25, -0.2) is 0 Å². The van der Waals surface area contributed by atoms with Crippen molar-refractivity contribution in [2.45, 2.75) is 79.1 Å². The van der Waals surface area contributed by atoms with Crippen molar-refractivity contribution in [3.63, 3.8) is 0 Å². The van der Waals surface area contributed by atoms with Gasteiger partial charge in [0.05, 0.1) is 26.2 Å². The summed E-state index contributed by atoms with van der Waals surface area (Å²) in [6.45, 7) is 14.7. The minimum Gasteiger partial charge on any atom is -1.00 e. The van der Waals surface area contributed by atoms with E-state index in [0.29, 0.717) is 0 Å². The Balaban J connectivity index is -0.00000128. The van der Waals surface area contributed by atoms with Gasteiger partial charge in [0.1, 0.15) is 0 Å². The Morgan fingerprint density at radius 2 is 0.947 bits per heavy atom. The highest BCUT2D eigenvalue weighted by atomic mass is 79.9. The van der Waals surface area contributed by atoms with Gasteiger partial charge in [-0.15, -0.1) is 17.0 Å². The maximum atomic E-state index is 2.34. The van der Waals surface area contributed by atoms with Crippen LogP contribution in [0.25, 0.3) is 0 Å². The molecule has 0 unspecified atom stereocenters. The summed E-state index contributed by atoms with van der Waals surface area (Å²) >= 11 is 0. The van der Waals surface area contributed by atoms with Gasteiger partial charge in [-0.1, -0.05) is 45.4 Å². The maximum Gasteiger partial charge on any atom is 0.0786 e. The standard InChI is InChI=1S/C16H36N.BrH.ClH/c1-5-9-10-11-12-13-14-15-16-17(6-2,7-3)8-4;;/h5-16H2,1-4H3;2*1H/q+1;;/p-1. The van der Waals surface area contributed by atoms with Crippen LogP contribution in [0.3, 0.4) is 0 Å². The zero-order valence-corrected chi connectivity index (χ0v) is 16.2. The summed E-state index contributed by atoms with van der Waals surface area (Å²) < 4.78 is 1.33. The second-order valence-electron chi connectivity index (χ2n) is 5.49. The average molecular weight is 359 g/mol. The average Bonchev–Trinajstić information content (AvgIpc) is 2.38. The van der Waals surface area contributed by atoms with Crippen LogP contribution < -0.4 is 12.4 Å². The fraction of sp³-hybridized carbons (Fsp3) is 1.00. The highest BCUT2D eigenvalue weighted by molar-refractivity contribution is 8.93. The molecule has 0 aromatic rings. The van der Waals surface area contributed by atoms with E-state index in [0.717, 1.165) is 0 Å². The molecule has 0 atom stereocenters. The quantitative estimate of drug-likeness (QED) is 0.371. The van der Waals surface area contributed by atoms with Crippen molar-refractivity contribution in [2.75, 3.05) is 26.2 Å². The van der Waals surface area contributed by atoms with Crippen LogP contribution in [0.15, 0.2) is 0 Å². The summed E-state index contributed by atoms with van der Waals surface area (Å²) in [6, 6.07) is 0. The Bertz CT molecular complexity index is 153. The topological polar surface area (TPSA) is 0 Å². The molecule has 0 fully saturated rings. The van der Waals surface area contributed by atoms with E-state index in [4.69, 9.17) is 0 Å². The summed E-state index contributed by atoms with van der Waals surface area (Å²) in [7, 11) is 0. The summed E-state index contributed by atoms with van der Waals surface area (Å²) in [5.74, 6) is 0. The molecule has 0 rings (SSSR count). The molecule has 3 heteroatoms. The van der Waals surface area contributed by atoms with Gasteiger partial charge in [-0.2, -0.15) is 0 Å². The van der Waals surface area contributed by atoms with Gasteiger partial charge < -0.3 is 16.9 Å². The van der Waals surface area contributed by atoms with Crippen molar-refractivity contribution in [1.82, 2.24) is 0 Å². The molecule has 0 saturated carbocycles. The van der Waals surface area contributed by atoms with Crippen LogP contribution in [0.4, 0.5) is 0 Å². The molecule has 120 valence electrons. The first-order valence-corrected chi connectivity index (χ1v) is 8.09. The van der Waals surface area contributed by atoms with Crippen molar-refractivity contribution >= 4 is 17.0 Å². The summed E-state index contributed by atoms with van der Waals surface area (Å²) in [5.41, 5.74) is 0. The Labute approximate surface area is 139 Å². The molecule has 0 spiro atoms. The van der Waals surface area contributed by atoms with Gasteiger partial charge in [0.2, 0.25) is 0 Å². The molecule has 0 heterocycles. The second-order valence-corrected chi connectivity index (χ2v) is 5.49. The molecule has 0 aromatic carbocycles. The van der Waals surface area contributed by atoms with Gasteiger partial charge in [-0.05, 0) is 33.6 Å². The number of nitrogens with zero attached hydrogens (tertiary/aromatic N) is 1. The Hall–Kier alpha value is 0.730. The van der Waals surface area contributed by atoms with Gasteiger partial charge in [0, 0.05) is 0 Å². The van der Waals surface area contributed by atoms with Crippen molar-refractivity contribution in [3.05, 3.63) is 0 Å². The Morgan fingerprint density at radius 3 is 1.32 bits per heavy atom. The van der Waals surface area contributed by atoms with E-state index in [2.05, 4.69) is 27.7 Å². The molecule has 1 nitrogen and oxygen atoms in total. The van der Waals surface area contributed by atoms with Gasteiger partial charge >= 0.3 is 0 Å². The number of hydrogen-bond acceptors (Lipinski definition) is 0. The molecule has 0 saturated heterocycles. The first kappa shape index (κ1) is 24.7. The van der Waals surface area contributed by atoms with Gasteiger partial charge in [0.15, 0.2) is 0 Å². The third-order valence-electron chi connectivity index (χ3n) is 4.50. The van der Waals surface area contributed by atoms with Crippen molar-refractivity contribution in [3.8, 4) is 0 Å². The Kier molecular flexibility index (Phi) is 21.8. The molecule has 0 amide bonds. The third-order valence-corrected chi connectivity index (χ3v) is 4.50. The van der Waals surface area contributed by atoms with Crippen LogP contribution in [0, 0.1) is 0 Å². The number of quaternary nitrogens is 1. The fourth-order valence-electron chi connectivity index (χ4n) is 2.73. The summed E-state index contributed by atoms with van der Waals surface area (Å²) in [6.07, 6.45) is 11.5. The SMILES string of the molecule is Br.CCCCCCCCCC[N+](CC)(CC)CC.[Cl-]. The molecule has 0 radical (unpaired) electrons. The van der Waals surface area contributed by atoms with Crippen LogP contribution >= 0.6 is 17.0 Å². The molecule has 0 aliphatic rings. The molecular formula is C16H37BrClN. The lowest BCUT2D eigenvalue weighted by atomic mass is 10.1. The van der Waals surface area contributed by atoms with E-state index >= 15 is 0 Å². The van der Waals surface area contributed by atoms with E-state index in [1.807, 2.05) is 0 Å². The smallest absolute Gasteiger partial charge is 0.0786 e. The molecule has 0 aliphatic carbocycles. The van der Waals surface area contributed by atoms with Gasteiger partial charge in [-0.3, -0.25) is 0 Å². The normalized spacial score (nSPS) is 10.7. The Morgan fingerprint density at radius 1 is 0.579 bits per heavy atom. The lowest BCUT2D eigenvalue weighted by molar-refractivity contribution is -0.923. The minimum absolute atomic E-state index is 0. The maximum absolute atomic E-state index is 2.34. The fourth-order valence-corrected chi connectivity index (χ4v) is 2.73. The number of unbranched alkanes of at least 4 members (excludes halogenated alkanes) is 7. The van der Waals surface area contributed by atoms with Crippen LogP contribution in [0.2, 0.25) is 0 Å². The van der Waals surface area contributed by atoms with Crippen LogP contribution in [-0.2, 0) is 0 Å². The lowest BCUT2D eigenvalue weighted by Crippen LogP contribution is -3.00. The zero-order valence-electron chi connectivity index (χ0n) is 13.7. The summed E-state index contributed by atoms with van der Waals surface area (Å²) in [5, 5.41) is 0. The molecule has 0 aliphatic heterocycles. The van der Waals surface area contributed by atoms with Crippen molar-refractivity contribution in [1.29, 1.82) is 0 Å². The largest absolute Gasteiger partial charge is 1.00 e. The molecule has 19 heavy (non-hydrogen) atoms. The molecule has 0 N–H and O–H groups in total. The number of rotatable bonds is 12. The van der Waals surface area contributed by atoms with E-state index in [9.17, 15) is 0 Å². The lowest BCUT2D eigenvalue weighted by Gasteiger charge is -2.35. The first-order valence-electron chi connectivity index (χ1n) is 8.09. The monoisotopic (exact) mass is 357 g/mol. The highest BCUT2D eigenvalue weighted by Crippen LogP contribution is 2.12. The first-order chi connectivity index (χ1) is 8.24.